The second kappa shape index (κ2) is 3.38. The summed E-state index contributed by atoms with van der Waals surface area (Å²) in [6.07, 6.45) is 2.20. The van der Waals surface area contributed by atoms with Crippen molar-refractivity contribution >= 4 is 6.08 Å². The third-order valence-electron chi connectivity index (χ3n) is 1.63. The van der Waals surface area contributed by atoms with Crippen LogP contribution in [0.1, 0.15) is 25.0 Å². The molecule has 1 aromatic rings. The Morgan fingerprint density at radius 1 is 1.18 bits per heavy atom. The maximum Gasteiger partial charge on any atom is -0.0228 e. The summed E-state index contributed by atoms with van der Waals surface area (Å²) in [4.78, 5) is 0. The van der Waals surface area contributed by atoms with Gasteiger partial charge < -0.3 is 0 Å². The van der Waals surface area contributed by atoms with Crippen LogP contribution in [0.4, 0.5) is 0 Å². The molecule has 0 N–H and O–H groups in total. The number of allylic oxidation sites excluding steroid dienone is 1. The molecule has 0 radical (unpaired) electrons. The Morgan fingerprint density at radius 3 is 2.36 bits per heavy atom. The van der Waals surface area contributed by atoms with Crippen LogP contribution in [0, 0.1) is 6.92 Å². The molecule has 1 aromatic carbocycles. The number of hydrogen-bond acceptors (Lipinski definition) is 0. The second-order valence-electron chi connectivity index (χ2n) is 3.08. The van der Waals surface area contributed by atoms with Gasteiger partial charge in [0.2, 0.25) is 0 Å². The first kappa shape index (κ1) is 8.06. The van der Waals surface area contributed by atoms with Crippen molar-refractivity contribution in [1.82, 2.24) is 0 Å². The van der Waals surface area contributed by atoms with Gasteiger partial charge in [0.25, 0.3) is 0 Å². The van der Waals surface area contributed by atoms with Crippen LogP contribution in [0.15, 0.2) is 29.8 Å². The van der Waals surface area contributed by atoms with Crippen LogP contribution in [0.2, 0.25) is 0 Å². The summed E-state index contributed by atoms with van der Waals surface area (Å²) in [7, 11) is 0. The zero-order chi connectivity index (χ0) is 8.27. The summed E-state index contributed by atoms with van der Waals surface area (Å²) < 4.78 is 0. The highest BCUT2D eigenvalue weighted by atomic mass is 14.0. The van der Waals surface area contributed by atoms with E-state index >= 15 is 0 Å². The van der Waals surface area contributed by atoms with Gasteiger partial charge in [0.1, 0.15) is 0 Å². The van der Waals surface area contributed by atoms with E-state index in [-0.39, 0.29) is 0 Å². The maximum absolute atomic E-state index is 2.20. The molecule has 0 heteroatoms. The van der Waals surface area contributed by atoms with Crippen molar-refractivity contribution in [2.45, 2.75) is 20.8 Å². The highest BCUT2D eigenvalue weighted by Crippen LogP contribution is 2.10. The zero-order valence-corrected chi connectivity index (χ0v) is 7.39. The van der Waals surface area contributed by atoms with Crippen molar-refractivity contribution < 1.29 is 0 Å². The molecule has 1 rings (SSSR count). The first-order valence-corrected chi connectivity index (χ1v) is 3.90. The summed E-state index contributed by atoms with van der Waals surface area (Å²) >= 11 is 0. The van der Waals surface area contributed by atoms with Gasteiger partial charge in [0.15, 0.2) is 0 Å². The summed E-state index contributed by atoms with van der Waals surface area (Å²) in [6.45, 7) is 6.37. The molecule has 0 spiro atoms. The minimum Gasteiger partial charge on any atom is -0.0758 e. The van der Waals surface area contributed by atoms with Crippen LogP contribution in [0.25, 0.3) is 6.08 Å². The summed E-state index contributed by atoms with van der Waals surface area (Å²) in [5.74, 6) is 0. The van der Waals surface area contributed by atoms with Crippen molar-refractivity contribution in [3.63, 3.8) is 0 Å². The molecule has 58 valence electrons. The van der Waals surface area contributed by atoms with E-state index in [0.29, 0.717) is 0 Å². The van der Waals surface area contributed by atoms with Crippen LogP contribution >= 0.6 is 0 Å². The van der Waals surface area contributed by atoms with E-state index in [2.05, 4.69) is 51.1 Å². The van der Waals surface area contributed by atoms with Crippen LogP contribution in [0.3, 0.4) is 0 Å². The van der Waals surface area contributed by atoms with Gasteiger partial charge in [-0.25, -0.2) is 0 Å². The van der Waals surface area contributed by atoms with E-state index in [1.165, 1.54) is 16.7 Å². The lowest BCUT2D eigenvalue weighted by molar-refractivity contribution is 1.39. The number of aryl methyl sites for hydroxylation is 1. The molecule has 0 saturated heterocycles. The second-order valence-corrected chi connectivity index (χ2v) is 3.08. The number of benzene rings is 1. The minimum atomic E-state index is 1.33. The Labute approximate surface area is 68.6 Å². The standard InChI is InChI=1S/C11H14/c1-9(2)8-11-7-5-4-6-10(11)3/h4-8H,1-3H3. The molecule has 0 unspecified atom stereocenters. The van der Waals surface area contributed by atoms with Gasteiger partial charge in [0.05, 0.1) is 0 Å². The van der Waals surface area contributed by atoms with Crippen LogP contribution in [-0.4, -0.2) is 0 Å². The van der Waals surface area contributed by atoms with E-state index in [0.717, 1.165) is 0 Å². The lowest BCUT2D eigenvalue weighted by Gasteiger charge is -1.98. The molecule has 0 saturated carbocycles. The predicted octanol–water partition coefficient (Wildman–Crippen LogP) is 3.42. The fourth-order valence-corrected chi connectivity index (χ4v) is 1.06. The third kappa shape index (κ3) is 2.23. The molecule has 0 aliphatic rings. The molecular weight excluding hydrogens is 132 g/mol. The molecular formula is C11H14. The molecule has 0 aliphatic carbocycles. The number of rotatable bonds is 1. The van der Waals surface area contributed by atoms with E-state index in [1.807, 2.05) is 0 Å². The molecule has 0 fully saturated rings. The van der Waals surface area contributed by atoms with Crippen LogP contribution in [0.5, 0.6) is 0 Å². The van der Waals surface area contributed by atoms with Gasteiger partial charge in [-0.15, -0.1) is 0 Å². The highest BCUT2D eigenvalue weighted by Gasteiger charge is 1.90. The van der Waals surface area contributed by atoms with Gasteiger partial charge in [-0.05, 0) is 31.9 Å². The molecule has 0 bridgehead atoms. The Hall–Kier alpha value is -1.04. The van der Waals surface area contributed by atoms with Crippen molar-refractivity contribution in [2.24, 2.45) is 0 Å². The van der Waals surface area contributed by atoms with E-state index in [4.69, 9.17) is 0 Å². The van der Waals surface area contributed by atoms with E-state index in [1.54, 1.807) is 0 Å². The smallest absolute Gasteiger partial charge is 0.0228 e. The minimum absolute atomic E-state index is 1.33. The topological polar surface area (TPSA) is 0 Å². The van der Waals surface area contributed by atoms with Crippen LogP contribution < -0.4 is 0 Å². The van der Waals surface area contributed by atoms with Crippen LogP contribution in [-0.2, 0) is 0 Å². The average molecular weight is 146 g/mol. The fraction of sp³-hybridized carbons (Fsp3) is 0.273. The summed E-state index contributed by atoms with van der Waals surface area (Å²) in [5, 5.41) is 0. The molecule has 11 heavy (non-hydrogen) atoms. The van der Waals surface area contributed by atoms with Crippen molar-refractivity contribution in [3.05, 3.63) is 41.0 Å². The summed E-state index contributed by atoms with van der Waals surface area (Å²) in [6, 6.07) is 8.41. The zero-order valence-electron chi connectivity index (χ0n) is 7.39. The molecule has 0 amide bonds. The Morgan fingerprint density at radius 2 is 1.82 bits per heavy atom. The first-order valence-electron chi connectivity index (χ1n) is 3.90. The third-order valence-corrected chi connectivity index (χ3v) is 1.63. The normalized spacial score (nSPS) is 9.36. The molecule has 0 nitrogen and oxygen atoms in total. The molecule has 0 aliphatic heterocycles. The lowest BCUT2D eigenvalue weighted by atomic mass is 10.1. The first-order chi connectivity index (χ1) is 5.20. The van der Waals surface area contributed by atoms with Gasteiger partial charge in [0, 0.05) is 0 Å². The fourth-order valence-electron chi connectivity index (χ4n) is 1.06. The monoisotopic (exact) mass is 146 g/mol. The van der Waals surface area contributed by atoms with Gasteiger partial charge in [-0.2, -0.15) is 0 Å². The van der Waals surface area contributed by atoms with E-state index < -0.39 is 0 Å². The Balaban J connectivity index is 3.04. The highest BCUT2D eigenvalue weighted by molar-refractivity contribution is 5.55. The quantitative estimate of drug-likeness (QED) is 0.569. The van der Waals surface area contributed by atoms with Gasteiger partial charge in [-0.1, -0.05) is 35.9 Å². The van der Waals surface area contributed by atoms with Crippen molar-refractivity contribution in [1.29, 1.82) is 0 Å². The Kier molecular flexibility index (Phi) is 2.48. The molecule has 0 heterocycles. The lowest BCUT2D eigenvalue weighted by Crippen LogP contribution is -1.78. The number of hydrogen-bond donors (Lipinski definition) is 0. The Bertz CT molecular complexity index is 265. The van der Waals surface area contributed by atoms with Crippen molar-refractivity contribution in [2.75, 3.05) is 0 Å². The summed E-state index contributed by atoms with van der Waals surface area (Å²) in [5.41, 5.74) is 4.01. The van der Waals surface area contributed by atoms with Gasteiger partial charge in [-0.3, -0.25) is 0 Å². The molecule has 0 atom stereocenters. The molecule has 0 aromatic heterocycles. The largest absolute Gasteiger partial charge is 0.0758 e. The maximum atomic E-state index is 2.20. The average Bonchev–Trinajstić information content (AvgIpc) is 1.93. The van der Waals surface area contributed by atoms with E-state index in [9.17, 15) is 0 Å². The predicted molar refractivity (Wildman–Crippen MR) is 50.5 cm³/mol. The SMILES string of the molecule is CC(C)=Cc1ccccc1C. The van der Waals surface area contributed by atoms with Crippen molar-refractivity contribution in [3.8, 4) is 0 Å². The van der Waals surface area contributed by atoms with Gasteiger partial charge >= 0.3 is 0 Å².